The number of ether oxygens (including phenoxy) is 2. The van der Waals surface area contributed by atoms with E-state index in [2.05, 4.69) is 0 Å². The van der Waals surface area contributed by atoms with Gasteiger partial charge in [-0.25, -0.2) is 0 Å². The van der Waals surface area contributed by atoms with E-state index >= 15 is 0 Å². The van der Waals surface area contributed by atoms with Crippen molar-refractivity contribution in [2.45, 2.75) is 117 Å². The molecule has 0 fully saturated rings. The van der Waals surface area contributed by atoms with Crippen LogP contribution in [0.5, 0.6) is 0 Å². The number of hydrogen-bond acceptors (Lipinski definition) is 8. The van der Waals surface area contributed by atoms with Crippen LogP contribution in [0.25, 0.3) is 0 Å². The summed E-state index contributed by atoms with van der Waals surface area (Å²) in [4.78, 5) is 44.2. The summed E-state index contributed by atoms with van der Waals surface area (Å²) in [6.45, 7) is 14.6. The fourth-order valence-corrected chi connectivity index (χ4v) is 3.24. The number of rotatable bonds is 14. The van der Waals surface area contributed by atoms with Crippen LogP contribution in [0.15, 0.2) is 0 Å². The number of hydrogen-bond donors (Lipinski definition) is 0. The number of carbonyl (C=O) groups is 4. The van der Waals surface area contributed by atoms with Gasteiger partial charge >= 0.3 is 21.7 Å². The van der Waals surface area contributed by atoms with Crippen molar-refractivity contribution in [2.75, 3.05) is 0 Å². The van der Waals surface area contributed by atoms with Crippen molar-refractivity contribution >= 4 is 23.5 Å². The second kappa shape index (κ2) is 16.5. The average Bonchev–Trinajstić information content (AvgIpc) is 2.63. The van der Waals surface area contributed by atoms with Gasteiger partial charge in [-0.1, -0.05) is 27.7 Å². The molecule has 8 nitrogen and oxygen atoms in total. The van der Waals surface area contributed by atoms with Crippen LogP contribution in [0.2, 0.25) is 0 Å². The van der Waals surface area contributed by atoms with E-state index in [0.29, 0.717) is 25.7 Å². The standard InChI is InChI=1S/2C11H20O4.Ti/c2*1-5-11(6-2,15-8(3)4)9(12)7-10(13)14;/h2*8H,5-7H2,1-4H3,(H,13,14);/q;;+2/p-2. The fraction of sp³-hybridized carbons (Fsp3) is 0.818. The van der Waals surface area contributed by atoms with Crippen LogP contribution in [0.3, 0.4) is 0 Å². The zero-order valence-electron chi connectivity index (χ0n) is 20.2. The molecular formula is C22H38O8Ti. The van der Waals surface area contributed by atoms with E-state index in [1.807, 2.05) is 55.4 Å². The molecule has 0 rings (SSSR count). The first-order valence-electron chi connectivity index (χ1n) is 10.6. The Labute approximate surface area is 201 Å². The SMILES string of the molecule is CCC(CC)(OC(C)C)C(=O)CC(=O)[O-].CCC(CC)(OC(C)C)C(=O)CC(=O)[O-].[Ti+2]. The Kier molecular flexibility index (Phi) is 18.4. The first-order valence-corrected chi connectivity index (χ1v) is 10.6. The Bertz CT molecular complexity index is 514. The molecular weight excluding hydrogens is 440 g/mol. The average molecular weight is 478 g/mol. The van der Waals surface area contributed by atoms with E-state index in [0.717, 1.165) is 0 Å². The first kappa shape index (κ1) is 34.5. The van der Waals surface area contributed by atoms with E-state index in [-0.39, 0.29) is 33.9 Å². The molecule has 31 heavy (non-hydrogen) atoms. The Hall–Kier alpha value is -1.09. The third kappa shape index (κ3) is 12.5. The minimum atomic E-state index is -1.35. The Morgan fingerprint density at radius 3 is 1.00 bits per heavy atom. The quantitative estimate of drug-likeness (QED) is 0.270. The van der Waals surface area contributed by atoms with Crippen LogP contribution < -0.4 is 10.2 Å². The van der Waals surface area contributed by atoms with Gasteiger partial charge in [-0.15, -0.1) is 0 Å². The largest absolute Gasteiger partial charge is 2.00 e. The summed E-state index contributed by atoms with van der Waals surface area (Å²) in [5.41, 5.74) is -1.93. The van der Waals surface area contributed by atoms with Crippen molar-refractivity contribution < 1.29 is 60.6 Å². The van der Waals surface area contributed by atoms with Gasteiger partial charge in [-0.2, -0.15) is 0 Å². The fourth-order valence-electron chi connectivity index (χ4n) is 3.24. The first-order chi connectivity index (χ1) is 13.8. The zero-order chi connectivity index (χ0) is 24.1. The van der Waals surface area contributed by atoms with Crippen LogP contribution >= 0.6 is 0 Å². The molecule has 0 spiro atoms. The topological polar surface area (TPSA) is 133 Å². The third-order valence-corrected chi connectivity index (χ3v) is 4.83. The van der Waals surface area contributed by atoms with Gasteiger partial charge in [0.2, 0.25) is 0 Å². The number of aliphatic carboxylic acids is 2. The van der Waals surface area contributed by atoms with Gasteiger partial charge in [0.1, 0.15) is 11.2 Å². The molecule has 0 unspecified atom stereocenters. The number of ketones is 2. The van der Waals surface area contributed by atoms with Crippen molar-refractivity contribution in [1.82, 2.24) is 0 Å². The van der Waals surface area contributed by atoms with Gasteiger partial charge < -0.3 is 29.3 Å². The smallest absolute Gasteiger partial charge is 0.550 e. The van der Waals surface area contributed by atoms with Gasteiger partial charge in [-0.3, -0.25) is 9.59 Å². The predicted molar refractivity (Wildman–Crippen MR) is 108 cm³/mol. The van der Waals surface area contributed by atoms with Gasteiger partial charge in [0.15, 0.2) is 11.6 Å². The molecule has 0 aromatic heterocycles. The molecule has 0 aromatic rings. The van der Waals surface area contributed by atoms with Crippen LogP contribution in [-0.2, 0) is 50.4 Å². The van der Waals surface area contributed by atoms with Crippen LogP contribution in [0.1, 0.15) is 93.9 Å². The molecule has 0 atom stereocenters. The van der Waals surface area contributed by atoms with Crippen LogP contribution in [0.4, 0.5) is 0 Å². The summed E-state index contributed by atoms with van der Waals surface area (Å²) in [5.74, 6) is -3.50. The summed E-state index contributed by atoms with van der Waals surface area (Å²) >= 11 is 0. The molecule has 0 bridgehead atoms. The van der Waals surface area contributed by atoms with Crippen LogP contribution in [-0.4, -0.2) is 46.9 Å². The molecule has 0 aliphatic carbocycles. The molecule has 0 aliphatic heterocycles. The van der Waals surface area contributed by atoms with E-state index in [4.69, 9.17) is 9.47 Å². The molecule has 0 radical (unpaired) electrons. The molecule has 0 aliphatic rings. The molecule has 0 N–H and O–H groups in total. The number of carboxylic acid groups (broad SMARTS) is 2. The van der Waals surface area contributed by atoms with Gasteiger partial charge in [0, 0.05) is 24.8 Å². The minimum Gasteiger partial charge on any atom is -0.550 e. The summed E-state index contributed by atoms with van der Waals surface area (Å²) < 4.78 is 11.1. The minimum absolute atomic E-state index is 0. The van der Waals surface area contributed by atoms with Crippen molar-refractivity contribution in [3.63, 3.8) is 0 Å². The normalized spacial score (nSPS) is 11.4. The number of carboxylic acids is 2. The molecule has 0 saturated carbocycles. The second-order valence-corrected chi connectivity index (χ2v) is 7.68. The summed E-state index contributed by atoms with van der Waals surface area (Å²) in [7, 11) is 0. The molecule has 178 valence electrons. The van der Waals surface area contributed by atoms with Crippen molar-refractivity contribution in [2.24, 2.45) is 0 Å². The summed E-state index contributed by atoms with van der Waals surface area (Å²) in [5, 5.41) is 20.8. The van der Waals surface area contributed by atoms with E-state index < -0.39 is 47.5 Å². The number of Topliss-reactive ketones (excluding diaryl/α,β-unsaturated/α-hetero) is 2. The van der Waals surface area contributed by atoms with Gasteiger partial charge in [-0.05, 0) is 53.4 Å². The third-order valence-electron chi connectivity index (χ3n) is 4.83. The van der Waals surface area contributed by atoms with E-state index in [1.165, 1.54) is 0 Å². The molecule has 0 saturated heterocycles. The molecule has 9 heteroatoms. The maximum absolute atomic E-state index is 11.7. The Morgan fingerprint density at radius 1 is 0.645 bits per heavy atom. The van der Waals surface area contributed by atoms with Gasteiger partial charge in [0.25, 0.3) is 0 Å². The molecule has 0 amide bonds. The van der Waals surface area contributed by atoms with E-state index in [9.17, 15) is 29.4 Å². The number of carbonyl (C=O) groups excluding carboxylic acids is 4. The van der Waals surface area contributed by atoms with E-state index in [1.54, 1.807) is 0 Å². The van der Waals surface area contributed by atoms with Crippen molar-refractivity contribution in [3.8, 4) is 0 Å². The summed E-state index contributed by atoms with van der Waals surface area (Å²) in [6, 6.07) is 0. The predicted octanol–water partition coefficient (Wildman–Crippen LogP) is 1.36. The van der Waals surface area contributed by atoms with Crippen molar-refractivity contribution in [3.05, 3.63) is 0 Å². The summed E-state index contributed by atoms with van der Waals surface area (Å²) in [6.07, 6.45) is 0.567. The maximum atomic E-state index is 11.7. The second-order valence-electron chi connectivity index (χ2n) is 7.68. The maximum Gasteiger partial charge on any atom is 2.00 e. The Balaban J connectivity index is -0.000000490. The zero-order valence-corrected chi connectivity index (χ0v) is 21.7. The molecule has 0 heterocycles. The molecule has 0 aromatic carbocycles. The monoisotopic (exact) mass is 478 g/mol. The van der Waals surface area contributed by atoms with Crippen molar-refractivity contribution in [1.29, 1.82) is 0 Å². The Morgan fingerprint density at radius 2 is 0.871 bits per heavy atom. The van der Waals surface area contributed by atoms with Crippen LogP contribution in [0, 0.1) is 0 Å². The van der Waals surface area contributed by atoms with Gasteiger partial charge in [0.05, 0.1) is 12.2 Å².